The summed E-state index contributed by atoms with van der Waals surface area (Å²) in [4.78, 5) is 43.1. The fourth-order valence-electron chi connectivity index (χ4n) is 3.61. The SMILES string of the molecule is CCOC(=O)c1c(-n2ccc3nc4ccn(CC(C)C)c(=O)c4cc3c2=O)n[nH]c1C. The number of hydrogen-bond acceptors (Lipinski definition) is 6. The van der Waals surface area contributed by atoms with E-state index in [1.807, 2.05) is 13.8 Å². The van der Waals surface area contributed by atoms with Gasteiger partial charge in [-0.15, -0.1) is 0 Å². The van der Waals surface area contributed by atoms with Gasteiger partial charge in [-0.05, 0) is 38.0 Å². The maximum absolute atomic E-state index is 13.3. The Labute approximate surface area is 177 Å². The van der Waals surface area contributed by atoms with Crippen LogP contribution in [-0.2, 0) is 11.3 Å². The summed E-state index contributed by atoms with van der Waals surface area (Å²) in [5, 5.41) is 7.51. The average molecular weight is 421 g/mol. The van der Waals surface area contributed by atoms with Crippen LogP contribution >= 0.6 is 0 Å². The van der Waals surface area contributed by atoms with Crippen molar-refractivity contribution in [1.29, 1.82) is 0 Å². The number of aryl methyl sites for hydroxylation is 1. The van der Waals surface area contributed by atoms with Crippen LogP contribution in [0.1, 0.15) is 36.8 Å². The molecule has 0 bridgehead atoms. The molecule has 0 atom stereocenters. The first-order valence-corrected chi connectivity index (χ1v) is 10.1. The Morgan fingerprint density at radius 1 is 1.13 bits per heavy atom. The Kier molecular flexibility index (Phi) is 5.18. The zero-order valence-corrected chi connectivity index (χ0v) is 17.8. The topological polar surface area (TPSA) is 112 Å². The predicted octanol–water partition coefficient (Wildman–Crippen LogP) is 2.56. The highest BCUT2D eigenvalue weighted by Gasteiger charge is 2.22. The second kappa shape index (κ2) is 7.82. The van der Waals surface area contributed by atoms with Crippen molar-refractivity contribution >= 4 is 27.8 Å². The molecule has 0 amide bonds. The number of hydrogen-bond donors (Lipinski definition) is 1. The van der Waals surface area contributed by atoms with Crippen LogP contribution in [0.3, 0.4) is 0 Å². The monoisotopic (exact) mass is 421 g/mol. The van der Waals surface area contributed by atoms with Gasteiger partial charge in [0.1, 0.15) is 5.56 Å². The van der Waals surface area contributed by atoms with Crippen molar-refractivity contribution in [2.75, 3.05) is 6.61 Å². The molecule has 31 heavy (non-hydrogen) atoms. The van der Waals surface area contributed by atoms with Gasteiger partial charge in [-0.3, -0.25) is 19.3 Å². The van der Waals surface area contributed by atoms with E-state index in [9.17, 15) is 14.4 Å². The molecule has 4 aromatic heterocycles. The fourth-order valence-corrected chi connectivity index (χ4v) is 3.61. The summed E-state index contributed by atoms with van der Waals surface area (Å²) in [7, 11) is 0. The molecule has 0 radical (unpaired) electrons. The van der Waals surface area contributed by atoms with E-state index in [4.69, 9.17) is 4.74 Å². The molecule has 0 aliphatic rings. The molecule has 0 saturated heterocycles. The summed E-state index contributed by atoms with van der Waals surface area (Å²) in [5.74, 6) is -0.123. The van der Waals surface area contributed by atoms with E-state index in [0.717, 1.165) is 0 Å². The molecule has 0 aliphatic heterocycles. The Morgan fingerprint density at radius 2 is 1.81 bits per heavy atom. The Bertz CT molecular complexity index is 1430. The molecule has 0 unspecified atom stereocenters. The summed E-state index contributed by atoms with van der Waals surface area (Å²) in [5.41, 5.74) is 1.04. The lowest BCUT2D eigenvalue weighted by atomic mass is 10.1. The number of pyridine rings is 3. The minimum Gasteiger partial charge on any atom is -0.462 e. The maximum Gasteiger partial charge on any atom is 0.343 e. The third-order valence-corrected chi connectivity index (χ3v) is 5.01. The molecule has 160 valence electrons. The van der Waals surface area contributed by atoms with E-state index < -0.39 is 11.5 Å². The molecule has 1 N–H and O–H groups in total. The highest BCUT2D eigenvalue weighted by Crippen LogP contribution is 2.19. The molecular weight excluding hydrogens is 398 g/mol. The van der Waals surface area contributed by atoms with Gasteiger partial charge >= 0.3 is 5.97 Å². The third-order valence-electron chi connectivity index (χ3n) is 5.01. The quantitative estimate of drug-likeness (QED) is 0.392. The first-order chi connectivity index (χ1) is 14.8. The lowest BCUT2D eigenvalue weighted by molar-refractivity contribution is 0.0525. The summed E-state index contributed by atoms with van der Waals surface area (Å²) in [6, 6.07) is 5.01. The number of fused-ring (bicyclic) bond motifs is 2. The predicted molar refractivity (Wildman–Crippen MR) is 117 cm³/mol. The molecule has 4 heterocycles. The van der Waals surface area contributed by atoms with Crippen LogP contribution in [0.5, 0.6) is 0 Å². The fraction of sp³-hybridized carbons (Fsp3) is 0.318. The van der Waals surface area contributed by atoms with Crippen molar-refractivity contribution in [1.82, 2.24) is 24.3 Å². The van der Waals surface area contributed by atoms with Gasteiger partial charge < -0.3 is 9.30 Å². The van der Waals surface area contributed by atoms with Crippen molar-refractivity contribution in [3.05, 3.63) is 62.6 Å². The van der Waals surface area contributed by atoms with E-state index in [1.54, 1.807) is 42.8 Å². The van der Waals surface area contributed by atoms with Crippen LogP contribution in [0, 0.1) is 12.8 Å². The number of rotatable bonds is 5. The van der Waals surface area contributed by atoms with Crippen LogP contribution in [0.2, 0.25) is 0 Å². The van der Waals surface area contributed by atoms with Crippen LogP contribution in [0.25, 0.3) is 27.6 Å². The lowest BCUT2D eigenvalue weighted by Crippen LogP contribution is -2.24. The number of carbonyl (C=O) groups excluding carboxylic acids is 1. The van der Waals surface area contributed by atoms with Crippen LogP contribution < -0.4 is 11.1 Å². The van der Waals surface area contributed by atoms with Crippen molar-refractivity contribution in [2.24, 2.45) is 5.92 Å². The van der Waals surface area contributed by atoms with Gasteiger partial charge in [-0.2, -0.15) is 5.10 Å². The first-order valence-electron chi connectivity index (χ1n) is 10.1. The Morgan fingerprint density at radius 3 is 2.48 bits per heavy atom. The Balaban J connectivity index is 1.95. The largest absolute Gasteiger partial charge is 0.462 e. The van der Waals surface area contributed by atoms with Crippen LogP contribution in [-0.4, -0.2) is 36.9 Å². The number of nitrogens with zero attached hydrogens (tertiary/aromatic N) is 4. The lowest BCUT2D eigenvalue weighted by Gasteiger charge is -2.10. The van der Waals surface area contributed by atoms with E-state index >= 15 is 0 Å². The average Bonchev–Trinajstić information content (AvgIpc) is 3.11. The minimum absolute atomic E-state index is 0.147. The van der Waals surface area contributed by atoms with Crippen molar-refractivity contribution in [3.63, 3.8) is 0 Å². The number of carbonyl (C=O) groups is 1. The van der Waals surface area contributed by atoms with Gasteiger partial charge in [0.05, 0.1) is 28.4 Å². The van der Waals surface area contributed by atoms with Crippen molar-refractivity contribution in [2.45, 2.75) is 34.2 Å². The molecule has 0 spiro atoms. The van der Waals surface area contributed by atoms with E-state index in [-0.39, 0.29) is 28.9 Å². The van der Waals surface area contributed by atoms with Crippen molar-refractivity contribution < 1.29 is 9.53 Å². The van der Waals surface area contributed by atoms with Gasteiger partial charge in [0, 0.05) is 24.6 Å². The molecule has 4 rings (SSSR count). The number of nitrogens with one attached hydrogen (secondary N) is 1. The third kappa shape index (κ3) is 3.52. The van der Waals surface area contributed by atoms with Crippen LogP contribution in [0.15, 0.2) is 40.2 Å². The normalized spacial score (nSPS) is 11.5. The summed E-state index contributed by atoms with van der Waals surface area (Å²) >= 11 is 0. The molecule has 0 aliphatic carbocycles. The zero-order valence-electron chi connectivity index (χ0n) is 17.8. The maximum atomic E-state index is 13.3. The van der Waals surface area contributed by atoms with E-state index in [0.29, 0.717) is 34.6 Å². The molecule has 9 heteroatoms. The number of ether oxygens (including phenoxy) is 1. The highest BCUT2D eigenvalue weighted by molar-refractivity contribution is 5.95. The van der Waals surface area contributed by atoms with Gasteiger partial charge in [-0.25, -0.2) is 9.78 Å². The first kappa shape index (κ1) is 20.5. The number of esters is 1. The molecule has 0 fully saturated rings. The summed E-state index contributed by atoms with van der Waals surface area (Å²) in [6.45, 7) is 8.22. The molecule has 0 saturated carbocycles. The molecule has 9 nitrogen and oxygen atoms in total. The smallest absolute Gasteiger partial charge is 0.343 e. The highest BCUT2D eigenvalue weighted by atomic mass is 16.5. The van der Waals surface area contributed by atoms with Gasteiger partial charge in [0.15, 0.2) is 5.82 Å². The number of aromatic amines is 1. The summed E-state index contributed by atoms with van der Waals surface area (Å²) in [6.07, 6.45) is 3.24. The van der Waals surface area contributed by atoms with E-state index in [2.05, 4.69) is 15.2 Å². The van der Waals surface area contributed by atoms with Crippen molar-refractivity contribution in [3.8, 4) is 5.82 Å². The van der Waals surface area contributed by atoms with Crippen LogP contribution in [0.4, 0.5) is 0 Å². The van der Waals surface area contributed by atoms with Gasteiger partial charge in [0.2, 0.25) is 0 Å². The molecular formula is C22H23N5O4. The second-order valence-electron chi connectivity index (χ2n) is 7.78. The van der Waals surface area contributed by atoms with E-state index in [1.165, 1.54) is 10.8 Å². The summed E-state index contributed by atoms with van der Waals surface area (Å²) < 4.78 is 7.99. The Hall–Kier alpha value is -3.75. The number of H-pyrrole nitrogens is 1. The molecule has 0 aromatic carbocycles. The van der Waals surface area contributed by atoms with Gasteiger partial charge in [0.25, 0.3) is 11.1 Å². The second-order valence-corrected chi connectivity index (χ2v) is 7.78. The molecule has 4 aromatic rings. The minimum atomic E-state index is -0.566. The van der Waals surface area contributed by atoms with Gasteiger partial charge in [-0.1, -0.05) is 13.8 Å². The zero-order chi connectivity index (χ0) is 22.3. The number of aromatic nitrogens is 5. The standard InChI is InChI=1S/C22H23N5O4/c1-5-31-22(30)18-13(4)24-25-19(18)27-9-7-17-15(21(27)29)10-14-16(23-17)6-8-26(20(14)28)11-12(2)3/h6-10,12H,5,11H2,1-4H3,(H,24,25).